The van der Waals surface area contributed by atoms with Gasteiger partial charge in [-0.05, 0) is 0 Å². The predicted octanol–water partition coefficient (Wildman–Crippen LogP) is 3.93. The Bertz CT molecular complexity index is 187. The van der Waals surface area contributed by atoms with Gasteiger partial charge >= 0.3 is 121 Å². The van der Waals surface area contributed by atoms with Gasteiger partial charge in [0.2, 0.25) is 0 Å². The Balaban J connectivity index is 4.73. The summed E-state index contributed by atoms with van der Waals surface area (Å²) >= 11 is -3.77. The standard InChI is InChI=1S/C3H9OSi.3C3H7O.Zr/c1-5(2,3)4;3*1-2-3-4;/h1-3H3;3*2-3H2,1H3;/q4*-1;+4. The predicted molar refractivity (Wildman–Crippen MR) is 73.2 cm³/mol. The third-order valence-corrected chi connectivity index (χ3v) is 13.2. The normalized spacial score (nSPS) is 13.0. The van der Waals surface area contributed by atoms with Crippen molar-refractivity contribution < 1.29 is 33.0 Å². The van der Waals surface area contributed by atoms with E-state index in [0.29, 0.717) is 19.8 Å². The number of hydrogen-bond donors (Lipinski definition) is 0. The van der Waals surface area contributed by atoms with Gasteiger partial charge in [-0.3, -0.25) is 0 Å². The molecule has 0 aromatic heterocycles. The van der Waals surface area contributed by atoms with Crippen LogP contribution in [0.3, 0.4) is 0 Å². The van der Waals surface area contributed by atoms with Crippen molar-refractivity contribution in [2.75, 3.05) is 19.8 Å². The van der Waals surface area contributed by atoms with Crippen molar-refractivity contribution >= 4 is 8.32 Å². The SMILES string of the molecule is CCC[O][Zr]([O]CCC)([O]CCC)[O][Si](C)(C)C. The van der Waals surface area contributed by atoms with E-state index < -0.39 is 30.3 Å². The van der Waals surface area contributed by atoms with Crippen molar-refractivity contribution in [2.24, 2.45) is 0 Å². The zero-order valence-electron chi connectivity index (χ0n) is 12.9. The van der Waals surface area contributed by atoms with Gasteiger partial charge < -0.3 is 0 Å². The van der Waals surface area contributed by atoms with Gasteiger partial charge in [-0.1, -0.05) is 0 Å². The molecule has 0 aliphatic heterocycles. The second kappa shape index (κ2) is 9.78. The van der Waals surface area contributed by atoms with E-state index in [0.717, 1.165) is 19.3 Å². The Morgan fingerprint density at radius 3 is 1.28 bits per heavy atom. The molecule has 110 valence electrons. The Morgan fingerprint density at radius 2 is 1.06 bits per heavy atom. The fourth-order valence-corrected chi connectivity index (χ4v) is 13.0. The third-order valence-electron chi connectivity index (χ3n) is 1.88. The van der Waals surface area contributed by atoms with Crippen molar-refractivity contribution in [3.8, 4) is 0 Å². The van der Waals surface area contributed by atoms with Gasteiger partial charge in [-0.25, -0.2) is 0 Å². The quantitative estimate of drug-likeness (QED) is 0.525. The molecule has 0 bridgehead atoms. The second-order valence-corrected chi connectivity index (χ2v) is 15.8. The fourth-order valence-electron chi connectivity index (χ4n) is 1.27. The molecule has 0 unspecified atom stereocenters. The van der Waals surface area contributed by atoms with Crippen molar-refractivity contribution in [1.82, 2.24) is 0 Å². The molecule has 0 saturated carbocycles. The molecule has 0 atom stereocenters. The minimum absolute atomic E-state index is 0.661. The molecular weight excluding hydrogens is 327 g/mol. The van der Waals surface area contributed by atoms with Crippen LogP contribution in [0.4, 0.5) is 0 Å². The van der Waals surface area contributed by atoms with E-state index in [1.807, 2.05) is 0 Å². The van der Waals surface area contributed by atoms with Gasteiger partial charge in [0.25, 0.3) is 0 Å². The van der Waals surface area contributed by atoms with Crippen LogP contribution in [0.15, 0.2) is 0 Å². The zero-order chi connectivity index (χ0) is 14.1. The molecule has 0 aliphatic carbocycles. The molecule has 0 aromatic rings. The zero-order valence-corrected chi connectivity index (χ0v) is 16.3. The van der Waals surface area contributed by atoms with E-state index in [4.69, 9.17) is 10.9 Å². The first-order valence-corrected chi connectivity index (χ1v) is 14.4. The molecule has 0 aromatic carbocycles. The van der Waals surface area contributed by atoms with E-state index in [1.165, 1.54) is 0 Å². The second-order valence-electron chi connectivity index (χ2n) is 5.26. The maximum atomic E-state index is 6.21. The van der Waals surface area contributed by atoms with Crippen molar-refractivity contribution in [2.45, 2.75) is 59.7 Å². The molecule has 6 heteroatoms. The summed E-state index contributed by atoms with van der Waals surface area (Å²) in [5.41, 5.74) is 0. The summed E-state index contributed by atoms with van der Waals surface area (Å²) in [7, 11) is -1.72. The van der Waals surface area contributed by atoms with Crippen LogP contribution in [0.5, 0.6) is 0 Å². The Labute approximate surface area is 120 Å². The van der Waals surface area contributed by atoms with E-state index in [9.17, 15) is 0 Å². The summed E-state index contributed by atoms with van der Waals surface area (Å²) in [5.74, 6) is 0. The minimum atomic E-state index is -3.77. The molecule has 0 heterocycles. The number of hydrogen-bond acceptors (Lipinski definition) is 4. The monoisotopic (exact) mass is 356 g/mol. The topological polar surface area (TPSA) is 36.9 Å². The molecule has 18 heavy (non-hydrogen) atoms. The Morgan fingerprint density at radius 1 is 0.722 bits per heavy atom. The van der Waals surface area contributed by atoms with Crippen LogP contribution < -0.4 is 0 Å². The summed E-state index contributed by atoms with van der Waals surface area (Å²) in [5, 5.41) is 0. The van der Waals surface area contributed by atoms with Crippen LogP contribution in [0.25, 0.3) is 0 Å². The first kappa shape index (κ1) is 18.9. The van der Waals surface area contributed by atoms with Gasteiger partial charge in [0.05, 0.1) is 0 Å². The number of rotatable bonds is 11. The van der Waals surface area contributed by atoms with E-state index in [1.54, 1.807) is 0 Å². The van der Waals surface area contributed by atoms with Crippen LogP contribution in [-0.4, -0.2) is 28.1 Å². The molecule has 0 amide bonds. The van der Waals surface area contributed by atoms with Crippen molar-refractivity contribution in [1.29, 1.82) is 0 Å². The van der Waals surface area contributed by atoms with Gasteiger partial charge in [0.15, 0.2) is 0 Å². The average Bonchev–Trinajstić information content (AvgIpc) is 2.29. The summed E-state index contributed by atoms with van der Waals surface area (Å²) in [4.78, 5) is 0. The first-order chi connectivity index (χ1) is 8.39. The first-order valence-electron chi connectivity index (χ1n) is 7.01. The van der Waals surface area contributed by atoms with Gasteiger partial charge in [0, 0.05) is 0 Å². The van der Waals surface area contributed by atoms with Gasteiger partial charge in [-0.2, -0.15) is 0 Å². The van der Waals surface area contributed by atoms with Crippen LogP contribution >= 0.6 is 0 Å². The van der Waals surface area contributed by atoms with Crippen LogP contribution in [0.2, 0.25) is 19.6 Å². The molecule has 0 rings (SSSR count). The van der Waals surface area contributed by atoms with E-state index in [2.05, 4.69) is 40.4 Å². The maximum absolute atomic E-state index is 6.21. The third kappa shape index (κ3) is 8.94. The molecule has 0 fully saturated rings. The summed E-state index contributed by atoms with van der Waals surface area (Å²) < 4.78 is 24.0. The van der Waals surface area contributed by atoms with Crippen molar-refractivity contribution in [3.05, 3.63) is 0 Å². The molecule has 0 N–H and O–H groups in total. The van der Waals surface area contributed by atoms with E-state index >= 15 is 0 Å². The van der Waals surface area contributed by atoms with Gasteiger partial charge in [-0.15, -0.1) is 0 Å². The van der Waals surface area contributed by atoms with Crippen molar-refractivity contribution in [3.63, 3.8) is 0 Å². The van der Waals surface area contributed by atoms with Gasteiger partial charge in [0.1, 0.15) is 0 Å². The van der Waals surface area contributed by atoms with Crippen LogP contribution in [0.1, 0.15) is 40.0 Å². The fraction of sp³-hybridized carbons (Fsp3) is 1.00. The molecular formula is C12H30O4SiZr. The molecule has 4 nitrogen and oxygen atoms in total. The summed E-state index contributed by atoms with van der Waals surface area (Å²) in [6.45, 7) is 14.7. The summed E-state index contributed by atoms with van der Waals surface area (Å²) in [6.07, 6.45) is 2.87. The van der Waals surface area contributed by atoms with Crippen LogP contribution in [-0.2, 0) is 33.0 Å². The average molecular weight is 358 g/mol. The Kier molecular flexibility index (Phi) is 10.3. The molecule has 0 saturated heterocycles. The van der Waals surface area contributed by atoms with Crippen LogP contribution in [0, 0.1) is 0 Å². The Hall–Kier alpha value is 0.940. The summed E-state index contributed by atoms with van der Waals surface area (Å²) in [6, 6.07) is 0. The molecule has 0 radical (unpaired) electrons. The molecule has 0 aliphatic rings. The van der Waals surface area contributed by atoms with E-state index in [-0.39, 0.29) is 0 Å². The molecule has 0 spiro atoms.